The van der Waals surface area contributed by atoms with Crippen molar-refractivity contribution in [1.29, 1.82) is 0 Å². The quantitative estimate of drug-likeness (QED) is 0.810. The summed E-state index contributed by atoms with van der Waals surface area (Å²) in [5, 5.41) is 0. The third-order valence-electron chi connectivity index (χ3n) is 4.65. The van der Waals surface area contributed by atoms with E-state index < -0.39 is 17.5 Å². The van der Waals surface area contributed by atoms with Crippen molar-refractivity contribution >= 4 is 11.9 Å². The van der Waals surface area contributed by atoms with E-state index in [4.69, 9.17) is 4.74 Å². The zero-order chi connectivity index (χ0) is 18.2. The Morgan fingerprint density at radius 3 is 2.48 bits per heavy atom. The molecule has 1 aromatic heterocycles. The van der Waals surface area contributed by atoms with Crippen LogP contribution in [0.3, 0.4) is 0 Å². The minimum atomic E-state index is -4.51. The molecule has 0 aliphatic carbocycles. The smallest absolute Gasteiger partial charge is 0.365 e. The molecule has 9 heteroatoms. The Labute approximate surface area is 144 Å². The molecule has 2 aliphatic rings. The van der Waals surface area contributed by atoms with E-state index in [1.54, 1.807) is 16.7 Å². The van der Waals surface area contributed by atoms with Crippen LogP contribution in [0.1, 0.15) is 31.2 Å². The van der Waals surface area contributed by atoms with Gasteiger partial charge >= 0.3 is 6.18 Å². The zero-order valence-electron chi connectivity index (χ0n) is 14.3. The van der Waals surface area contributed by atoms with Gasteiger partial charge in [-0.25, -0.2) is 9.97 Å². The van der Waals surface area contributed by atoms with Gasteiger partial charge in [-0.3, -0.25) is 4.79 Å². The fourth-order valence-electron chi connectivity index (χ4n) is 3.23. The predicted molar refractivity (Wildman–Crippen MR) is 84.2 cm³/mol. The molecule has 0 N–H and O–H groups in total. The van der Waals surface area contributed by atoms with Gasteiger partial charge in [0.15, 0.2) is 0 Å². The van der Waals surface area contributed by atoms with Gasteiger partial charge in [0.1, 0.15) is 11.3 Å². The number of hydrogen-bond acceptors (Lipinski definition) is 5. The van der Waals surface area contributed by atoms with Gasteiger partial charge in [0, 0.05) is 38.5 Å². The summed E-state index contributed by atoms with van der Waals surface area (Å²) < 4.78 is 44.3. The fraction of sp³-hybridized carbons (Fsp3) is 0.688. The molecule has 2 fully saturated rings. The van der Waals surface area contributed by atoms with Crippen molar-refractivity contribution in [3.05, 3.63) is 17.5 Å². The number of alkyl halides is 3. The van der Waals surface area contributed by atoms with Crippen LogP contribution in [0.2, 0.25) is 0 Å². The maximum atomic E-state index is 12.9. The summed E-state index contributed by atoms with van der Waals surface area (Å²) in [4.78, 5) is 23.8. The first-order valence-corrected chi connectivity index (χ1v) is 8.30. The lowest BCUT2D eigenvalue weighted by atomic mass is 10.0. The average molecular weight is 358 g/mol. The summed E-state index contributed by atoms with van der Waals surface area (Å²) in [7, 11) is 0. The third-order valence-corrected chi connectivity index (χ3v) is 4.65. The van der Waals surface area contributed by atoms with E-state index in [2.05, 4.69) is 9.97 Å². The Morgan fingerprint density at radius 1 is 1.24 bits per heavy atom. The first-order chi connectivity index (χ1) is 11.7. The fourth-order valence-corrected chi connectivity index (χ4v) is 3.23. The van der Waals surface area contributed by atoms with Gasteiger partial charge < -0.3 is 14.5 Å². The Bertz CT molecular complexity index is 651. The maximum Gasteiger partial charge on any atom is 0.433 e. The molecule has 0 bridgehead atoms. The molecular formula is C16H21F3N4O2. The molecule has 138 valence electrons. The first-order valence-electron chi connectivity index (χ1n) is 8.30. The highest BCUT2D eigenvalue weighted by molar-refractivity contribution is 5.85. The number of piperazine rings is 1. The van der Waals surface area contributed by atoms with Crippen molar-refractivity contribution in [1.82, 2.24) is 14.9 Å². The lowest BCUT2D eigenvalue weighted by Gasteiger charge is -2.38. The number of rotatable bonds is 2. The van der Waals surface area contributed by atoms with E-state index in [1.807, 2.05) is 0 Å². The highest BCUT2D eigenvalue weighted by Gasteiger charge is 2.41. The number of carbonyl (C=O) groups excluding carboxylic acids is 1. The number of amides is 1. The van der Waals surface area contributed by atoms with Crippen molar-refractivity contribution in [3.8, 4) is 0 Å². The lowest BCUT2D eigenvalue weighted by Crippen LogP contribution is -2.55. The van der Waals surface area contributed by atoms with Gasteiger partial charge in [0.25, 0.3) is 5.91 Å². The van der Waals surface area contributed by atoms with Crippen LogP contribution in [0, 0.1) is 6.92 Å². The lowest BCUT2D eigenvalue weighted by molar-refractivity contribution is -0.151. The maximum absolute atomic E-state index is 12.9. The second-order valence-corrected chi connectivity index (χ2v) is 6.65. The standard InChI is InChI=1S/C16H21F3N4O2/c1-11-10-12(16(17,18)19)21-14(20-11)23-7-5-22(6-8-23)13(24)15(2)4-3-9-25-15/h10H,3-9H2,1-2H3. The minimum Gasteiger partial charge on any atom is -0.365 e. The molecule has 0 saturated carbocycles. The molecule has 0 radical (unpaired) electrons. The first kappa shape index (κ1) is 17.9. The summed E-state index contributed by atoms with van der Waals surface area (Å²) in [6.45, 7) is 5.50. The normalized spacial score (nSPS) is 24.7. The number of anilines is 1. The number of aromatic nitrogens is 2. The number of ether oxygens (including phenoxy) is 1. The summed E-state index contributed by atoms with van der Waals surface area (Å²) in [5.41, 5.74) is -1.45. The van der Waals surface area contributed by atoms with Crippen molar-refractivity contribution in [2.24, 2.45) is 0 Å². The molecule has 0 aromatic carbocycles. The second kappa shape index (κ2) is 6.44. The van der Waals surface area contributed by atoms with Gasteiger partial charge in [0.05, 0.1) is 0 Å². The Morgan fingerprint density at radius 2 is 1.92 bits per heavy atom. The summed E-state index contributed by atoms with van der Waals surface area (Å²) in [6.07, 6.45) is -2.95. The average Bonchev–Trinajstić information content (AvgIpc) is 3.01. The SMILES string of the molecule is Cc1cc(C(F)(F)F)nc(N2CCN(C(=O)C3(C)CCCO3)CC2)n1. The van der Waals surface area contributed by atoms with E-state index in [0.29, 0.717) is 39.2 Å². The second-order valence-electron chi connectivity index (χ2n) is 6.65. The van der Waals surface area contributed by atoms with Crippen LogP contribution < -0.4 is 4.90 Å². The molecule has 3 heterocycles. The van der Waals surface area contributed by atoms with E-state index >= 15 is 0 Å². The zero-order valence-corrected chi connectivity index (χ0v) is 14.3. The van der Waals surface area contributed by atoms with Gasteiger partial charge in [-0.1, -0.05) is 0 Å². The van der Waals surface area contributed by atoms with Crippen molar-refractivity contribution in [3.63, 3.8) is 0 Å². The minimum absolute atomic E-state index is 0.0502. The van der Waals surface area contributed by atoms with Crippen molar-refractivity contribution in [2.45, 2.75) is 38.5 Å². The highest BCUT2D eigenvalue weighted by Crippen LogP contribution is 2.30. The largest absolute Gasteiger partial charge is 0.433 e. The van der Waals surface area contributed by atoms with Crippen LogP contribution >= 0.6 is 0 Å². The number of halogens is 3. The molecular weight excluding hydrogens is 337 g/mol. The molecule has 1 unspecified atom stereocenters. The number of aryl methyl sites for hydroxylation is 1. The van der Waals surface area contributed by atoms with Crippen LogP contribution in [0.25, 0.3) is 0 Å². The van der Waals surface area contributed by atoms with Crippen molar-refractivity contribution < 1.29 is 22.7 Å². The van der Waals surface area contributed by atoms with Crippen LogP contribution in [-0.4, -0.2) is 59.2 Å². The van der Waals surface area contributed by atoms with Crippen LogP contribution in [0.15, 0.2) is 6.07 Å². The number of hydrogen-bond donors (Lipinski definition) is 0. The molecule has 25 heavy (non-hydrogen) atoms. The van der Waals surface area contributed by atoms with Crippen LogP contribution in [0.5, 0.6) is 0 Å². The predicted octanol–water partition coefficient (Wildman–Crippen LogP) is 2.02. The van der Waals surface area contributed by atoms with Gasteiger partial charge in [0.2, 0.25) is 5.95 Å². The number of carbonyl (C=O) groups is 1. The Hall–Kier alpha value is -1.90. The molecule has 1 aromatic rings. The topological polar surface area (TPSA) is 58.6 Å². The van der Waals surface area contributed by atoms with Gasteiger partial charge in [-0.2, -0.15) is 13.2 Å². The molecule has 6 nitrogen and oxygen atoms in total. The van der Waals surface area contributed by atoms with E-state index in [1.165, 1.54) is 6.92 Å². The molecule has 0 spiro atoms. The van der Waals surface area contributed by atoms with Gasteiger partial charge in [-0.05, 0) is 32.8 Å². The summed E-state index contributed by atoms with van der Waals surface area (Å²) >= 11 is 0. The van der Waals surface area contributed by atoms with Gasteiger partial charge in [-0.15, -0.1) is 0 Å². The molecule has 1 atom stereocenters. The van der Waals surface area contributed by atoms with Crippen LogP contribution in [-0.2, 0) is 15.7 Å². The Balaban J connectivity index is 1.68. The summed E-state index contributed by atoms with van der Waals surface area (Å²) in [6, 6.07) is 0.932. The highest BCUT2D eigenvalue weighted by atomic mass is 19.4. The third kappa shape index (κ3) is 3.70. The summed E-state index contributed by atoms with van der Waals surface area (Å²) in [5.74, 6) is 0.00791. The molecule has 2 saturated heterocycles. The Kier molecular flexibility index (Phi) is 4.61. The molecule has 1 amide bonds. The van der Waals surface area contributed by atoms with E-state index in [-0.39, 0.29) is 17.5 Å². The van der Waals surface area contributed by atoms with E-state index in [9.17, 15) is 18.0 Å². The molecule has 2 aliphatic heterocycles. The van der Waals surface area contributed by atoms with E-state index in [0.717, 1.165) is 12.5 Å². The monoisotopic (exact) mass is 358 g/mol. The molecule has 3 rings (SSSR count). The number of nitrogens with zero attached hydrogens (tertiary/aromatic N) is 4. The van der Waals surface area contributed by atoms with Crippen molar-refractivity contribution in [2.75, 3.05) is 37.7 Å². The van der Waals surface area contributed by atoms with Crippen LogP contribution in [0.4, 0.5) is 19.1 Å².